The molecule has 0 saturated heterocycles. The van der Waals surface area contributed by atoms with Gasteiger partial charge in [-0.15, -0.1) is 0 Å². The minimum Gasteiger partial charge on any atom is -0.466 e. The first-order valence-corrected chi connectivity index (χ1v) is 33.4. The molecule has 0 aromatic carbocycles. The van der Waals surface area contributed by atoms with Crippen LogP contribution in [0.1, 0.15) is 380 Å². The fourth-order valence-electron chi connectivity index (χ4n) is 10.7. The van der Waals surface area contributed by atoms with E-state index in [-0.39, 0.29) is 18.5 Å². The number of ether oxygens (including phenoxy) is 1. The van der Waals surface area contributed by atoms with Gasteiger partial charge >= 0.3 is 5.97 Å². The molecule has 1 amide bonds. The van der Waals surface area contributed by atoms with Gasteiger partial charge in [-0.1, -0.05) is 328 Å². The standard InChI is InChI=1S/C67H131NO5/c1-3-5-7-9-11-13-15-17-18-19-20-27-30-33-36-39-43-47-51-55-59-65(70)64(63-69)68-66(71)60-56-52-48-44-40-37-34-31-28-25-23-21-22-24-26-29-32-35-38-42-46-50-54-58-62-73-67(72)61-57-53-49-45-41-16-14-12-10-8-6-4-2/h12,14,64-65,69-70H,3-11,13,15-63H2,1-2H3,(H,68,71)/b14-12-. The van der Waals surface area contributed by atoms with Crippen molar-refractivity contribution in [2.24, 2.45) is 0 Å². The fraction of sp³-hybridized carbons (Fsp3) is 0.940. The highest BCUT2D eigenvalue weighted by Gasteiger charge is 2.20. The Labute approximate surface area is 457 Å². The molecular formula is C67H131NO5. The zero-order chi connectivity index (χ0) is 52.9. The summed E-state index contributed by atoms with van der Waals surface area (Å²) in [6.45, 7) is 4.96. The summed E-state index contributed by atoms with van der Waals surface area (Å²) in [5.74, 6) is -0.0233. The van der Waals surface area contributed by atoms with Crippen LogP contribution >= 0.6 is 0 Å². The van der Waals surface area contributed by atoms with E-state index < -0.39 is 12.1 Å². The first kappa shape index (κ1) is 71.6. The van der Waals surface area contributed by atoms with Crippen LogP contribution in [-0.4, -0.2) is 47.4 Å². The molecule has 2 atom stereocenters. The van der Waals surface area contributed by atoms with E-state index in [1.807, 2.05) is 0 Å². The molecule has 0 spiro atoms. The number of unbranched alkanes of at least 4 members (excludes halogenated alkanes) is 50. The van der Waals surface area contributed by atoms with Crippen LogP contribution in [0.15, 0.2) is 12.2 Å². The van der Waals surface area contributed by atoms with Crippen molar-refractivity contribution in [3.63, 3.8) is 0 Å². The van der Waals surface area contributed by atoms with Gasteiger partial charge in [-0.3, -0.25) is 9.59 Å². The smallest absolute Gasteiger partial charge is 0.305 e. The number of esters is 1. The maximum atomic E-state index is 12.5. The number of aliphatic hydroxyl groups excluding tert-OH is 2. The number of aliphatic hydroxyl groups is 2. The van der Waals surface area contributed by atoms with Gasteiger partial charge in [0.1, 0.15) is 0 Å². The molecule has 0 radical (unpaired) electrons. The predicted molar refractivity (Wildman–Crippen MR) is 320 cm³/mol. The van der Waals surface area contributed by atoms with Gasteiger partial charge < -0.3 is 20.3 Å². The number of carbonyl (C=O) groups excluding carboxylic acids is 2. The number of hydrogen-bond donors (Lipinski definition) is 3. The molecule has 6 nitrogen and oxygen atoms in total. The molecule has 0 aliphatic carbocycles. The van der Waals surface area contributed by atoms with Crippen molar-refractivity contribution in [1.82, 2.24) is 5.32 Å². The zero-order valence-corrected chi connectivity index (χ0v) is 49.6. The van der Waals surface area contributed by atoms with Crippen LogP contribution in [0.3, 0.4) is 0 Å². The molecule has 0 fully saturated rings. The minimum absolute atomic E-state index is 0.00624. The molecule has 0 aromatic rings. The topological polar surface area (TPSA) is 95.9 Å². The van der Waals surface area contributed by atoms with Crippen LogP contribution in [0.5, 0.6) is 0 Å². The maximum absolute atomic E-state index is 12.5. The summed E-state index contributed by atoms with van der Waals surface area (Å²) in [5, 5.41) is 23.4. The Morgan fingerprint density at radius 1 is 0.370 bits per heavy atom. The van der Waals surface area contributed by atoms with E-state index in [0.29, 0.717) is 25.9 Å². The third kappa shape index (κ3) is 59.7. The minimum atomic E-state index is -0.664. The van der Waals surface area contributed by atoms with Crippen LogP contribution in [-0.2, 0) is 14.3 Å². The van der Waals surface area contributed by atoms with Crippen molar-refractivity contribution >= 4 is 11.9 Å². The van der Waals surface area contributed by atoms with Crippen molar-refractivity contribution in [2.75, 3.05) is 13.2 Å². The summed E-state index contributed by atoms with van der Waals surface area (Å²) >= 11 is 0. The molecule has 3 N–H and O–H groups in total. The number of amides is 1. The maximum Gasteiger partial charge on any atom is 0.305 e. The van der Waals surface area contributed by atoms with Gasteiger partial charge in [-0.05, 0) is 51.4 Å². The van der Waals surface area contributed by atoms with E-state index >= 15 is 0 Å². The van der Waals surface area contributed by atoms with E-state index in [1.54, 1.807) is 0 Å². The number of hydrogen-bond acceptors (Lipinski definition) is 5. The normalized spacial score (nSPS) is 12.5. The molecule has 0 heterocycles. The Balaban J connectivity index is 3.37. The van der Waals surface area contributed by atoms with Crippen molar-refractivity contribution in [1.29, 1.82) is 0 Å². The largest absolute Gasteiger partial charge is 0.466 e. The lowest BCUT2D eigenvalue weighted by atomic mass is 10.0. The van der Waals surface area contributed by atoms with Crippen LogP contribution in [0, 0.1) is 0 Å². The third-order valence-corrected chi connectivity index (χ3v) is 15.8. The molecule has 0 bridgehead atoms. The van der Waals surface area contributed by atoms with Crippen molar-refractivity contribution in [3.8, 4) is 0 Å². The van der Waals surface area contributed by atoms with Gasteiger partial charge in [-0.25, -0.2) is 0 Å². The predicted octanol–water partition coefficient (Wildman–Crippen LogP) is 21.2. The van der Waals surface area contributed by atoms with E-state index in [2.05, 4.69) is 31.3 Å². The second-order valence-electron chi connectivity index (χ2n) is 23.2. The molecule has 73 heavy (non-hydrogen) atoms. The lowest BCUT2D eigenvalue weighted by Gasteiger charge is -2.22. The van der Waals surface area contributed by atoms with Crippen molar-refractivity contribution in [3.05, 3.63) is 12.2 Å². The van der Waals surface area contributed by atoms with Crippen LogP contribution < -0.4 is 5.32 Å². The molecule has 434 valence electrons. The average Bonchev–Trinajstić information content (AvgIpc) is 3.39. The molecular weight excluding hydrogens is 899 g/mol. The monoisotopic (exact) mass is 1030 g/mol. The molecule has 0 rings (SSSR count). The van der Waals surface area contributed by atoms with Crippen molar-refractivity contribution in [2.45, 2.75) is 392 Å². The van der Waals surface area contributed by atoms with Gasteiger partial charge in [0.2, 0.25) is 5.91 Å². The Morgan fingerprint density at radius 3 is 1.00 bits per heavy atom. The summed E-state index contributed by atoms with van der Waals surface area (Å²) < 4.78 is 5.47. The lowest BCUT2D eigenvalue weighted by Crippen LogP contribution is -2.45. The summed E-state index contributed by atoms with van der Waals surface area (Å²) in [5.41, 5.74) is 0. The average molecular weight is 1030 g/mol. The second kappa shape index (κ2) is 63.1. The van der Waals surface area contributed by atoms with Crippen LogP contribution in [0.4, 0.5) is 0 Å². The van der Waals surface area contributed by atoms with Gasteiger partial charge in [-0.2, -0.15) is 0 Å². The molecule has 0 aliphatic heterocycles. The molecule has 0 aliphatic rings. The number of nitrogens with one attached hydrogen (secondary N) is 1. The molecule has 0 saturated carbocycles. The first-order valence-electron chi connectivity index (χ1n) is 33.4. The Hall–Kier alpha value is -1.40. The van der Waals surface area contributed by atoms with E-state index in [1.165, 1.54) is 302 Å². The lowest BCUT2D eigenvalue weighted by molar-refractivity contribution is -0.143. The van der Waals surface area contributed by atoms with Gasteiger partial charge in [0, 0.05) is 12.8 Å². The highest BCUT2D eigenvalue weighted by molar-refractivity contribution is 5.76. The third-order valence-electron chi connectivity index (χ3n) is 15.8. The van der Waals surface area contributed by atoms with E-state index in [4.69, 9.17) is 4.74 Å². The summed E-state index contributed by atoms with van der Waals surface area (Å²) in [4.78, 5) is 24.5. The van der Waals surface area contributed by atoms with Gasteiger partial charge in [0.05, 0.1) is 25.4 Å². The molecule has 0 aromatic heterocycles. The van der Waals surface area contributed by atoms with E-state index in [9.17, 15) is 19.8 Å². The highest BCUT2D eigenvalue weighted by Crippen LogP contribution is 2.19. The Bertz CT molecular complexity index is 1100. The number of allylic oxidation sites excluding steroid dienone is 2. The van der Waals surface area contributed by atoms with Crippen LogP contribution in [0.25, 0.3) is 0 Å². The fourth-order valence-corrected chi connectivity index (χ4v) is 10.7. The Kier molecular flexibility index (Phi) is 61.9. The highest BCUT2D eigenvalue weighted by atomic mass is 16.5. The number of carbonyl (C=O) groups is 2. The first-order chi connectivity index (χ1) is 36.0. The Morgan fingerprint density at radius 2 is 0.644 bits per heavy atom. The second-order valence-corrected chi connectivity index (χ2v) is 23.2. The quantitative estimate of drug-likeness (QED) is 0.0320. The zero-order valence-electron chi connectivity index (χ0n) is 49.6. The molecule has 6 heteroatoms. The SMILES string of the molecule is CCCCC/C=C\CCCCCCCC(=O)OCCCCCCCCCCCCCCCCCCCCCCCCCCC(=O)NC(CO)C(O)CCCCCCCCCCCCCCCCCCCCCC. The van der Waals surface area contributed by atoms with Crippen molar-refractivity contribution < 1.29 is 24.5 Å². The summed E-state index contributed by atoms with van der Waals surface area (Å²) in [6.07, 6.45) is 76.7. The van der Waals surface area contributed by atoms with Gasteiger partial charge in [0.15, 0.2) is 0 Å². The van der Waals surface area contributed by atoms with Gasteiger partial charge in [0.25, 0.3) is 0 Å². The molecule has 2 unspecified atom stereocenters. The van der Waals surface area contributed by atoms with Crippen LogP contribution in [0.2, 0.25) is 0 Å². The summed E-state index contributed by atoms with van der Waals surface area (Å²) in [7, 11) is 0. The number of rotatable bonds is 63. The summed E-state index contributed by atoms with van der Waals surface area (Å²) in [6, 6.07) is -0.541. The van der Waals surface area contributed by atoms with E-state index in [0.717, 1.165) is 44.9 Å².